The average molecular weight is 376 g/mol. The number of hydrogen-bond donors (Lipinski definition) is 1. The fourth-order valence-corrected chi connectivity index (χ4v) is 5.32. The highest BCUT2D eigenvalue weighted by molar-refractivity contribution is 5.87. The number of likely N-dealkylation sites (tertiary alicyclic amines) is 1. The third-order valence-corrected chi connectivity index (χ3v) is 6.99. The highest BCUT2D eigenvalue weighted by Crippen LogP contribution is 2.42. The molecule has 0 radical (unpaired) electrons. The summed E-state index contributed by atoms with van der Waals surface area (Å²) in [4.78, 5) is 14.4. The molecule has 2 aliphatic heterocycles. The summed E-state index contributed by atoms with van der Waals surface area (Å²) in [5, 5.41) is 14.1. The van der Waals surface area contributed by atoms with Gasteiger partial charge in [0, 0.05) is 37.1 Å². The maximum Gasteiger partial charge on any atom is 0.356 e. The molecule has 0 aromatic carbocycles. The Morgan fingerprint density at radius 2 is 1.96 bits per heavy atom. The molecule has 2 fully saturated rings. The van der Waals surface area contributed by atoms with Crippen LogP contribution < -0.4 is 0 Å². The molecule has 6 nitrogen and oxygen atoms in total. The second-order valence-electron chi connectivity index (χ2n) is 9.20. The van der Waals surface area contributed by atoms with Gasteiger partial charge in [0.1, 0.15) is 0 Å². The molecule has 1 atom stereocenters. The Kier molecular flexibility index (Phi) is 5.30. The zero-order valence-corrected chi connectivity index (χ0v) is 16.7. The van der Waals surface area contributed by atoms with Crippen molar-refractivity contribution >= 4 is 5.97 Å². The van der Waals surface area contributed by atoms with Crippen LogP contribution in [0.3, 0.4) is 0 Å². The lowest BCUT2D eigenvalue weighted by atomic mass is 9.72. The van der Waals surface area contributed by atoms with Crippen molar-refractivity contribution in [3.8, 4) is 0 Å². The number of carbonyl (C=O) groups is 1. The molecular formula is C21H33N3O3. The number of aromatic nitrogens is 2. The van der Waals surface area contributed by atoms with Crippen LogP contribution in [0, 0.1) is 11.3 Å². The number of carboxylic acid groups (broad SMARTS) is 1. The number of hydrogen-bond acceptors (Lipinski definition) is 4. The number of aromatic carboxylic acids is 1. The topological polar surface area (TPSA) is 67.6 Å². The minimum absolute atomic E-state index is 0.285. The molecule has 1 spiro atoms. The molecule has 1 unspecified atom stereocenters. The first-order valence-corrected chi connectivity index (χ1v) is 10.6. The van der Waals surface area contributed by atoms with E-state index in [9.17, 15) is 9.90 Å². The van der Waals surface area contributed by atoms with Crippen LogP contribution in [0.4, 0.5) is 0 Å². The van der Waals surface area contributed by atoms with Gasteiger partial charge in [-0.15, -0.1) is 0 Å². The molecule has 3 aliphatic rings. The van der Waals surface area contributed by atoms with Crippen molar-refractivity contribution in [3.05, 3.63) is 17.0 Å². The van der Waals surface area contributed by atoms with E-state index in [1.165, 1.54) is 25.7 Å². The van der Waals surface area contributed by atoms with Gasteiger partial charge in [-0.1, -0.05) is 13.8 Å². The summed E-state index contributed by atoms with van der Waals surface area (Å²) in [6, 6.07) is 0.462. The first-order chi connectivity index (χ1) is 13.0. The van der Waals surface area contributed by atoms with E-state index in [1.807, 2.05) is 4.68 Å². The van der Waals surface area contributed by atoms with E-state index in [4.69, 9.17) is 4.74 Å². The van der Waals surface area contributed by atoms with Crippen molar-refractivity contribution in [2.45, 2.75) is 71.4 Å². The van der Waals surface area contributed by atoms with E-state index < -0.39 is 5.97 Å². The van der Waals surface area contributed by atoms with Crippen molar-refractivity contribution < 1.29 is 14.6 Å². The summed E-state index contributed by atoms with van der Waals surface area (Å²) in [5.74, 6) is -0.416. The molecule has 1 aliphatic carbocycles. The molecule has 150 valence electrons. The lowest BCUT2D eigenvalue weighted by molar-refractivity contribution is -0.0286. The largest absolute Gasteiger partial charge is 0.476 e. The molecule has 2 saturated heterocycles. The van der Waals surface area contributed by atoms with E-state index in [2.05, 4.69) is 23.8 Å². The predicted molar refractivity (Wildman–Crippen MR) is 103 cm³/mol. The number of fused-ring (bicyclic) bond motifs is 1. The molecule has 1 aromatic rings. The van der Waals surface area contributed by atoms with Crippen LogP contribution in [0.2, 0.25) is 0 Å². The second-order valence-corrected chi connectivity index (χ2v) is 9.20. The molecule has 4 rings (SSSR count). The van der Waals surface area contributed by atoms with Gasteiger partial charge < -0.3 is 14.7 Å². The predicted octanol–water partition coefficient (Wildman–Crippen LogP) is 2.99. The first-order valence-electron chi connectivity index (χ1n) is 10.6. The van der Waals surface area contributed by atoms with Crippen molar-refractivity contribution in [1.82, 2.24) is 14.7 Å². The number of ether oxygens (including phenoxy) is 1. The van der Waals surface area contributed by atoms with Gasteiger partial charge in [-0.3, -0.25) is 4.68 Å². The van der Waals surface area contributed by atoms with E-state index in [-0.39, 0.29) is 5.69 Å². The van der Waals surface area contributed by atoms with Gasteiger partial charge in [0.25, 0.3) is 0 Å². The second kappa shape index (κ2) is 7.55. The third kappa shape index (κ3) is 3.79. The lowest BCUT2D eigenvalue weighted by Crippen LogP contribution is -2.48. The van der Waals surface area contributed by atoms with E-state index in [0.29, 0.717) is 17.4 Å². The lowest BCUT2D eigenvalue weighted by Gasteiger charge is -2.47. The first kappa shape index (κ1) is 18.9. The Morgan fingerprint density at radius 1 is 1.26 bits per heavy atom. The van der Waals surface area contributed by atoms with Gasteiger partial charge in [0.2, 0.25) is 0 Å². The minimum atomic E-state index is -0.880. The van der Waals surface area contributed by atoms with E-state index in [0.717, 1.165) is 63.4 Å². The number of piperidine rings is 1. The molecule has 1 N–H and O–H groups in total. The Morgan fingerprint density at radius 3 is 2.59 bits per heavy atom. The summed E-state index contributed by atoms with van der Waals surface area (Å²) in [5.41, 5.74) is 2.94. The van der Waals surface area contributed by atoms with Crippen molar-refractivity contribution in [1.29, 1.82) is 0 Å². The fraction of sp³-hybridized carbons (Fsp3) is 0.810. The van der Waals surface area contributed by atoms with Gasteiger partial charge in [0.05, 0.1) is 0 Å². The fourth-order valence-electron chi connectivity index (χ4n) is 5.32. The SMILES string of the molecule is CC(C)Cn1nc(C(=O)O)c2c1CCC(N1CCC3(CCOCC3)CC1)C2. The van der Waals surface area contributed by atoms with Gasteiger partial charge in [-0.2, -0.15) is 5.10 Å². The van der Waals surface area contributed by atoms with Crippen molar-refractivity contribution in [2.24, 2.45) is 11.3 Å². The summed E-state index contributed by atoms with van der Waals surface area (Å²) >= 11 is 0. The number of nitrogens with zero attached hydrogens (tertiary/aromatic N) is 3. The summed E-state index contributed by atoms with van der Waals surface area (Å²) < 4.78 is 7.53. The van der Waals surface area contributed by atoms with Crippen LogP contribution in [0.1, 0.15) is 67.7 Å². The maximum atomic E-state index is 11.8. The number of carboxylic acids is 1. The van der Waals surface area contributed by atoms with Gasteiger partial charge >= 0.3 is 5.97 Å². The Labute approximate surface area is 161 Å². The molecule has 0 amide bonds. The van der Waals surface area contributed by atoms with Crippen LogP contribution in [0.5, 0.6) is 0 Å². The highest BCUT2D eigenvalue weighted by Gasteiger charge is 2.39. The molecule has 0 bridgehead atoms. The molecule has 3 heterocycles. The van der Waals surface area contributed by atoms with Crippen molar-refractivity contribution in [2.75, 3.05) is 26.3 Å². The molecule has 6 heteroatoms. The van der Waals surface area contributed by atoms with E-state index >= 15 is 0 Å². The van der Waals surface area contributed by atoms with Crippen LogP contribution in [-0.4, -0.2) is 58.1 Å². The van der Waals surface area contributed by atoms with Crippen LogP contribution in [-0.2, 0) is 24.1 Å². The Balaban J connectivity index is 1.47. The molecule has 0 saturated carbocycles. The molecular weight excluding hydrogens is 342 g/mol. The summed E-state index contributed by atoms with van der Waals surface area (Å²) in [6.45, 7) is 9.23. The van der Waals surface area contributed by atoms with Crippen molar-refractivity contribution in [3.63, 3.8) is 0 Å². The van der Waals surface area contributed by atoms with E-state index in [1.54, 1.807) is 0 Å². The Hall–Kier alpha value is -1.40. The van der Waals surface area contributed by atoms with Gasteiger partial charge in [0.15, 0.2) is 5.69 Å². The summed E-state index contributed by atoms with van der Waals surface area (Å²) in [6.07, 6.45) is 7.84. The zero-order valence-electron chi connectivity index (χ0n) is 16.7. The van der Waals surface area contributed by atoms with Crippen LogP contribution >= 0.6 is 0 Å². The van der Waals surface area contributed by atoms with Gasteiger partial charge in [-0.05, 0) is 69.4 Å². The quantitative estimate of drug-likeness (QED) is 0.876. The minimum Gasteiger partial charge on any atom is -0.476 e. The third-order valence-electron chi connectivity index (χ3n) is 6.99. The standard InChI is InChI=1S/C21H33N3O3/c1-15(2)14-24-18-4-3-16(13-17(18)19(22-24)20(25)26)23-9-5-21(6-10-23)7-11-27-12-8-21/h15-16H,3-14H2,1-2H3,(H,25,26). The molecule has 1 aromatic heterocycles. The monoisotopic (exact) mass is 375 g/mol. The average Bonchev–Trinajstić information content (AvgIpc) is 3.00. The van der Waals surface area contributed by atoms with Gasteiger partial charge in [-0.25, -0.2) is 4.79 Å². The highest BCUT2D eigenvalue weighted by atomic mass is 16.5. The summed E-state index contributed by atoms with van der Waals surface area (Å²) in [7, 11) is 0. The molecule has 27 heavy (non-hydrogen) atoms. The smallest absolute Gasteiger partial charge is 0.356 e. The number of rotatable bonds is 4. The van der Waals surface area contributed by atoms with Crippen LogP contribution in [0.15, 0.2) is 0 Å². The normalized spacial score (nSPS) is 25.7. The maximum absolute atomic E-state index is 11.8. The zero-order chi connectivity index (χ0) is 19.0. The Bertz CT molecular complexity index is 681. The van der Waals surface area contributed by atoms with Crippen LogP contribution in [0.25, 0.3) is 0 Å².